The lowest BCUT2D eigenvalue weighted by Gasteiger charge is -2.43. The summed E-state index contributed by atoms with van der Waals surface area (Å²) in [6.45, 7) is 11.7. The predicted octanol–water partition coefficient (Wildman–Crippen LogP) is 3.61. The number of carbonyl (C=O) groups is 1. The molecule has 1 saturated heterocycles. The number of hydrogen-bond acceptors (Lipinski definition) is 4. The first kappa shape index (κ1) is 22.2. The average Bonchev–Trinajstić information content (AvgIpc) is 2.69. The highest BCUT2D eigenvalue weighted by molar-refractivity contribution is 7.89. The van der Waals surface area contributed by atoms with Gasteiger partial charge >= 0.3 is 0 Å². The number of nitrogens with one attached hydrogen (secondary N) is 1. The second-order valence-corrected chi connectivity index (χ2v) is 9.61. The second kappa shape index (κ2) is 9.14. The third-order valence-corrected chi connectivity index (χ3v) is 7.41. The molecule has 0 unspecified atom stereocenters. The zero-order chi connectivity index (χ0) is 21.9. The molecule has 1 fully saturated rings. The zero-order valence-corrected chi connectivity index (χ0v) is 18.3. The van der Waals surface area contributed by atoms with Gasteiger partial charge in [-0.25, -0.2) is 13.3 Å². The first-order valence-corrected chi connectivity index (χ1v) is 11.3. The second-order valence-electron chi connectivity index (χ2n) is 7.36. The molecule has 1 heterocycles. The van der Waals surface area contributed by atoms with Gasteiger partial charge < -0.3 is 5.32 Å². The molecule has 0 saturated carbocycles. The van der Waals surface area contributed by atoms with Gasteiger partial charge in [-0.1, -0.05) is 35.9 Å². The minimum absolute atomic E-state index is 0.111. The van der Waals surface area contributed by atoms with Crippen molar-refractivity contribution in [2.45, 2.75) is 30.8 Å². The van der Waals surface area contributed by atoms with Crippen LogP contribution in [0.2, 0.25) is 5.02 Å². The molecule has 1 aliphatic heterocycles. The summed E-state index contributed by atoms with van der Waals surface area (Å²) in [6, 6.07) is 12.4. The molecule has 0 spiro atoms. The standard InChI is InChI=1S/C21H23ClN4O3S/c1-15-12-25(14-21(27)24-20-10-5-4-9-19(20)22)13-16(2)26(15)30(28,29)18-8-6-7-17(11-18)23-3/h4-11,15-16H,12-14H2,1-2H3,(H,24,27)/t15-,16+. The van der Waals surface area contributed by atoms with Gasteiger partial charge in [0.2, 0.25) is 15.9 Å². The number of piperazine rings is 1. The highest BCUT2D eigenvalue weighted by atomic mass is 35.5. The summed E-state index contributed by atoms with van der Waals surface area (Å²) in [5, 5.41) is 3.26. The Balaban J connectivity index is 1.70. The van der Waals surface area contributed by atoms with Gasteiger partial charge in [0, 0.05) is 25.2 Å². The summed E-state index contributed by atoms with van der Waals surface area (Å²) in [5.41, 5.74) is 0.831. The Labute approximate surface area is 182 Å². The van der Waals surface area contributed by atoms with Crippen molar-refractivity contribution in [2.75, 3.05) is 25.0 Å². The lowest BCUT2D eigenvalue weighted by Crippen LogP contribution is -2.59. The number of amides is 1. The Morgan fingerprint density at radius 1 is 1.17 bits per heavy atom. The van der Waals surface area contributed by atoms with E-state index in [1.54, 1.807) is 36.4 Å². The fourth-order valence-electron chi connectivity index (χ4n) is 3.81. The smallest absolute Gasteiger partial charge is 0.242 e. The van der Waals surface area contributed by atoms with Crippen LogP contribution in [0.4, 0.5) is 11.4 Å². The molecule has 30 heavy (non-hydrogen) atoms. The van der Waals surface area contributed by atoms with Crippen molar-refractivity contribution in [3.8, 4) is 0 Å². The monoisotopic (exact) mass is 446 g/mol. The van der Waals surface area contributed by atoms with Crippen molar-refractivity contribution in [3.05, 3.63) is 65.0 Å². The van der Waals surface area contributed by atoms with Crippen LogP contribution in [-0.2, 0) is 14.8 Å². The molecule has 7 nitrogen and oxygen atoms in total. The zero-order valence-electron chi connectivity index (χ0n) is 16.7. The van der Waals surface area contributed by atoms with E-state index in [4.69, 9.17) is 18.2 Å². The molecule has 3 rings (SSSR count). The Hall–Kier alpha value is -2.44. The molecule has 2 atom stereocenters. The van der Waals surface area contributed by atoms with Gasteiger partial charge in [0.05, 0.1) is 28.7 Å². The van der Waals surface area contributed by atoms with E-state index in [1.165, 1.54) is 16.4 Å². The summed E-state index contributed by atoms with van der Waals surface area (Å²) < 4.78 is 27.9. The topological polar surface area (TPSA) is 74.1 Å². The van der Waals surface area contributed by atoms with Gasteiger partial charge in [0.15, 0.2) is 5.69 Å². The number of benzene rings is 2. The third kappa shape index (κ3) is 4.82. The highest BCUT2D eigenvalue weighted by Gasteiger charge is 2.38. The van der Waals surface area contributed by atoms with E-state index in [0.717, 1.165) is 0 Å². The molecule has 158 valence electrons. The van der Waals surface area contributed by atoms with Gasteiger partial charge in [0.1, 0.15) is 0 Å². The maximum absolute atomic E-state index is 13.2. The molecule has 1 amide bonds. The quantitative estimate of drug-likeness (QED) is 0.712. The number of carbonyl (C=O) groups excluding carboxylic acids is 1. The van der Waals surface area contributed by atoms with Crippen molar-refractivity contribution in [1.29, 1.82) is 0 Å². The summed E-state index contributed by atoms with van der Waals surface area (Å²) in [6.07, 6.45) is 0. The fraction of sp³-hybridized carbons (Fsp3) is 0.333. The molecule has 1 N–H and O–H groups in total. The maximum atomic E-state index is 13.2. The van der Waals surface area contributed by atoms with Gasteiger partial charge in [-0.15, -0.1) is 0 Å². The molecule has 1 aliphatic rings. The SMILES string of the molecule is [C-]#[N+]c1cccc(S(=O)(=O)N2[C@H](C)CN(CC(=O)Nc3ccccc3Cl)C[C@@H]2C)c1. The predicted molar refractivity (Wildman–Crippen MR) is 117 cm³/mol. The molecule has 0 bridgehead atoms. The minimum atomic E-state index is -3.75. The van der Waals surface area contributed by atoms with Crippen LogP contribution in [0.15, 0.2) is 53.4 Å². The van der Waals surface area contributed by atoms with E-state index >= 15 is 0 Å². The van der Waals surface area contributed by atoms with Crippen LogP contribution in [0.1, 0.15) is 13.8 Å². The van der Waals surface area contributed by atoms with Gasteiger partial charge in [-0.05, 0) is 38.1 Å². The molecular formula is C21H23ClN4O3S. The number of para-hydroxylation sites is 1. The van der Waals surface area contributed by atoms with Crippen LogP contribution in [-0.4, -0.2) is 55.2 Å². The third-order valence-electron chi connectivity index (χ3n) is 4.95. The normalized spacial score (nSPS) is 20.5. The number of rotatable bonds is 5. The van der Waals surface area contributed by atoms with E-state index in [1.807, 2.05) is 18.7 Å². The molecule has 0 aromatic heterocycles. The van der Waals surface area contributed by atoms with Gasteiger partial charge in [-0.2, -0.15) is 4.31 Å². The van der Waals surface area contributed by atoms with E-state index in [2.05, 4.69) is 10.2 Å². The van der Waals surface area contributed by atoms with Crippen molar-refractivity contribution in [1.82, 2.24) is 9.21 Å². The molecule has 0 radical (unpaired) electrons. The lowest BCUT2D eigenvalue weighted by atomic mass is 10.1. The lowest BCUT2D eigenvalue weighted by molar-refractivity contribution is -0.118. The van der Waals surface area contributed by atoms with E-state index in [9.17, 15) is 13.2 Å². The average molecular weight is 447 g/mol. The Morgan fingerprint density at radius 2 is 1.83 bits per heavy atom. The Kier molecular flexibility index (Phi) is 6.78. The van der Waals surface area contributed by atoms with Crippen molar-refractivity contribution in [2.24, 2.45) is 0 Å². The Bertz CT molecular complexity index is 1070. The van der Waals surface area contributed by atoms with Gasteiger partial charge in [0.25, 0.3) is 0 Å². The van der Waals surface area contributed by atoms with Gasteiger partial charge in [-0.3, -0.25) is 9.69 Å². The largest absolute Gasteiger partial charge is 0.324 e. The highest BCUT2D eigenvalue weighted by Crippen LogP contribution is 2.27. The number of anilines is 1. The Morgan fingerprint density at radius 3 is 2.47 bits per heavy atom. The van der Waals surface area contributed by atoms with Crippen molar-refractivity contribution >= 4 is 38.9 Å². The number of sulfonamides is 1. The maximum Gasteiger partial charge on any atom is 0.242 e. The van der Waals surface area contributed by atoms with E-state index < -0.39 is 10.0 Å². The number of nitrogens with zero attached hydrogens (tertiary/aromatic N) is 3. The summed E-state index contributed by atoms with van der Waals surface area (Å²) in [4.78, 5) is 17.8. The summed E-state index contributed by atoms with van der Waals surface area (Å²) >= 11 is 6.09. The first-order chi connectivity index (χ1) is 14.2. The molecule has 2 aromatic carbocycles. The minimum Gasteiger partial charge on any atom is -0.324 e. The van der Waals surface area contributed by atoms with Crippen LogP contribution >= 0.6 is 11.6 Å². The van der Waals surface area contributed by atoms with E-state index in [-0.39, 0.29) is 35.1 Å². The molecule has 0 aliphatic carbocycles. The van der Waals surface area contributed by atoms with Crippen LogP contribution in [0, 0.1) is 6.57 Å². The summed E-state index contributed by atoms with van der Waals surface area (Å²) in [5.74, 6) is -0.205. The first-order valence-electron chi connectivity index (χ1n) is 9.50. The van der Waals surface area contributed by atoms with Crippen molar-refractivity contribution in [3.63, 3.8) is 0 Å². The molecular weight excluding hydrogens is 424 g/mol. The molecule has 2 aromatic rings. The van der Waals surface area contributed by atoms with Crippen LogP contribution in [0.25, 0.3) is 4.85 Å². The van der Waals surface area contributed by atoms with Crippen LogP contribution in [0.5, 0.6) is 0 Å². The molecule has 9 heteroatoms. The van der Waals surface area contributed by atoms with E-state index in [0.29, 0.717) is 23.8 Å². The van der Waals surface area contributed by atoms with Crippen molar-refractivity contribution < 1.29 is 13.2 Å². The van der Waals surface area contributed by atoms with Crippen LogP contribution in [0.3, 0.4) is 0 Å². The summed E-state index contributed by atoms with van der Waals surface area (Å²) in [7, 11) is -3.75. The number of halogens is 1. The van der Waals surface area contributed by atoms with Crippen LogP contribution < -0.4 is 5.32 Å². The fourth-order valence-corrected chi connectivity index (χ4v) is 5.84. The number of hydrogen-bond donors (Lipinski definition) is 1.